The lowest BCUT2D eigenvalue weighted by Crippen LogP contribution is -2.16. The van der Waals surface area contributed by atoms with Crippen LogP contribution in [0.2, 0.25) is 0 Å². The molecular formula is C74H76N2O. The molecule has 388 valence electrons. The van der Waals surface area contributed by atoms with Gasteiger partial charge in [0, 0.05) is 43.1 Å². The summed E-state index contributed by atoms with van der Waals surface area (Å²) in [4.78, 5) is 0. The van der Waals surface area contributed by atoms with Crippen LogP contribution in [0.4, 0.5) is 0 Å². The third-order valence-electron chi connectivity index (χ3n) is 17.4. The number of benzene rings is 8. The number of para-hydroxylation sites is 1. The van der Waals surface area contributed by atoms with Gasteiger partial charge in [0.25, 0.3) is 0 Å². The van der Waals surface area contributed by atoms with Gasteiger partial charge in [-0.15, -0.1) is 0 Å². The highest BCUT2D eigenvalue weighted by Gasteiger charge is 2.30. The Hall–Kier alpha value is -7.10. The van der Waals surface area contributed by atoms with Gasteiger partial charge in [-0.25, -0.2) is 0 Å². The van der Waals surface area contributed by atoms with Gasteiger partial charge in [-0.1, -0.05) is 203 Å². The molecule has 0 saturated heterocycles. The van der Waals surface area contributed by atoms with Crippen molar-refractivity contribution in [2.45, 2.75) is 157 Å². The summed E-state index contributed by atoms with van der Waals surface area (Å²) in [6.07, 6.45) is 0. The van der Waals surface area contributed by atoms with Crippen molar-refractivity contribution in [1.29, 1.82) is 0 Å². The van der Waals surface area contributed by atoms with Crippen LogP contribution in [0.3, 0.4) is 0 Å². The van der Waals surface area contributed by atoms with Gasteiger partial charge in [-0.2, -0.15) is 0 Å². The predicted octanol–water partition coefficient (Wildman–Crippen LogP) is 21.5. The molecule has 0 N–H and O–H groups in total. The van der Waals surface area contributed by atoms with Crippen LogP contribution in [0.1, 0.15) is 158 Å². The Morgan fingerprint density at radius 3 is 1.16 bits per heavy atom. The van der Waals surface area contributed by atoms with Gasteiger partial charge in [-0.05, 0) is 154 Å². The minimum atomic E-state index is -0.0334. The van der Waals surface area contributed by atoms with Crippen LogP contribution in [0.25, 0.3) is 121 Å². The molecule has 0 bridgehead atoms. The van der Waals surface area contributed by atoms with Gasteiger partial charge in [-0.3, -0.25) is 0 Å². The molecule has 5 aromatic heterocycles. The van der Waals surface area contributed by atoms with E-state index in [4.69, 9.17) is 4.42 Å². The summed E-state index contributed by atoms with van der Waals surface area (Å²) in [5.41, 5.74) is 24.7. The molecule has 0 spiro atoms. The Morgan fingerprint density at radius 2 is 0.662 bits per heavy atom. The van der Waals surface area contributed by atoms with E-state index < -0.39 is 0 Å². The van der Waals surface area contributed by atoms with Crippen molar-refractivity contribution in [3.8, 4) is 33.4 Å². The summed E-state index contributed by atoms with van der Waals surface area (Å²) >= 11 is 0. The van der Waals surface area contributed by atoms with E-state index in [0.29, 0.717) is 0 Å². The molecule has 77 heavy (non-hydrogen) atoms. The monoisotopic (exact) mass is 1010 g/mol. The highest BCUT2D eigenvalue weighted by Crippen LogP contribution is 2.51. The highest BCUT2D eigenvalue weighted by molar-refractivity contribution is 6.35. The van der Waals surface area contributed by atoms with Crippen molar-refractivity contribution < 1.29 is 4.42 Å². The highest BCUT2D eigenvalue weighted by atomic mass is 16.3. The van der Waals surface area contributed by atoms with E-state index in [1.165, 1.54) is 127 Å². The first-order valence-corrected chi connectivity index (χ1v) is 28.2. The molecule has 3 nitrogen and oxygen atoms in total. The Labute approximate surface area is 455 Å². The number of aromatic nitrogens is 2. The quantitative estimate of drug-likeness (QED) is 0.173. The fraction of sp³-hybridized carbons (Fsp3) is 0.324. The van der Waals surface area contributed by atoms with Crippen LogP contribution in [0, 0.1) is 0 Å². The number of furan rings is 1. The standard InChI is InChI=1S/C74H76N2O/c1-69(2,3)47-27-42(28-48(38-47)70(4,5)6)41-23-25-60-55(33-41)57-35-45(43-29-49(71(7,8)9)39-50(30-43)72(10,11)12)36-58-63-61(75(60)64(57)58)26-24-53-56-34-46(44-31-51(73(13,14)15)40-52(32-44)74(16,17)18)37-59-65(56)76(66(53)63)67-54-21-19-20-22-62(54)77-68(59)67/h19-40H,1-18H3. The van der Waals surface area contributed by atoms with Crippen LogP contribution in [-0.2, 0) is 32.5 Å². The molecule has 0 fully saturated rings. The van der Waals surface area contributed by atoms with Crippen molar-refractivity contribution in [2.24, 2.45) is 0 Å². The van der Waals surface area contributed by atoms with Crippen LogP contribution < -0.4 is 0 Å². The summed E-state index contributed by atoms with van der Waals surface area (Å²) in [6, 6.07) is 52.7. The molecule has 3 heteroatoms. The predicted molar refractivity (Wildman–Crippen MR) is 334 cm³/mol. The minimum absolute atomic E-state index is 0.00616. The Balaban J connectivity index is 1.19. The first-order valence-electron chi connectivity index (χ1n) is 28.2. The molecule has 0 radical (unpaired) electrons. The van der Waals surface area contributed by atoms with E-state index >= 15 is 0 Å². The second kappa shape index (κ2) is 15.8. The van der Waals surface area contributed by atoms with Gasteiger partial charge >= 0.3 is 0 Å². The van der Waals surface area contributed by atoms with E-state index in [-0.39, 0.29) is 32.5 Å². The van der Waals surface area contributed by atoms with Crippen LogP contribution in [-0.4, -0.2) is 8.80 Å². The average molecular weight is 1010 g/mol. The third-order valence-corrected chi connectivity index (χ3v) is 17.4. The summed E-state index contributed by atoms with van der Waals surface area (Å²) < 4.78 is 12.2. The second-order valence-electron chi connectivity index (χ2n) is 29.3. The molecule has 13 rings (SSSR count). The zero-order valence-corrected chi connectivity index (χ0v) is 49.0. The zero-order valence-electron chi connectivity index (χ0n) is 49.0. The van der Waals surface area contributed by atoms with Crippen molar-refractivity contribution in [2.75, 3.05) is 0 Å². The number of fused-ring (bicyclic) bond motifs is 15. The number of hydrogen-bond donors (Lipinski definition) is 0. The maximum Gasteiger partial charge on any atom is 0.161 e. The molecule has 8 aromatic carbocycles. The number of nitrogens with zero attached hydrogens (tertiary/aromatic N) is 2. The van der Waals surface area contributed by atoms with E-state index in [1.54, 1.807) is 0 Å². The lowest BCUT2D eigenvalue weighted by Gasteiger charge is -2.26. The molecule has 0 aliphatic rings. The Bertz CT molecular complexity index is 4500. The topological polar surface area (TPSA) is 22.0 Å². The third kappa shape index (κ3) is 7.56. The number of hydrogen-bond acceptors (Lipinski definition) is 1. The van der Waals surface area contributed by atoms with Crippen molar-refractivity contribution in [1.82, 2.24) is 8.80 Å². The molecular weight excluding hydrogens is 933 g/mol. The lowest BCUT2D eigenvalue weighted by atomic mass is 9.78. The average Bonchev–Trinajstić information content (AvgIpc) is 3.98. The normalized spacial score (nSPS) is 13.8. The van der Waals surface area contributed by atoms with Gasteiger partial charge in [0.15, 0.2) is 5.58 Å². The SMILES string of the molecule is CC(C)(C)c1cc(-c2ccc3c(c2)c2cc(-c4cc(C(C)(C)C)cc(C(C)(C)C)c4)cc4c5c(ccc6c7cc(-c8cc(C(C)(C)C)cc(C(C)(C)C)c8)cc8c9oc%10ccccc%10c9n(c78)c65)n3c24)cc(C(C)(C)C)c1. The molecule has 0 amide bonds. The van der Waals surface area contributed by atoms with Crippen molar-refractivity contribution >= 4 is 87.4 Å². The van der Waals surface area contributed by atoms with Gasteiger partial charge in [0.1, 0.15) is 11.1 Å². The van der Waals surface area contributed by atoms with Crippen LogP contribution >= 0.6 is 0 Å². The van der Waals surface area contributed by atoms with Gasteiger partial charge < -0.3 is 13.2 Å². The molecule has 5 heterocycles. The Kier molecular flexibility index (Phi) is 10.1. The van der Waals surface area contributed by atoms with E-state index in [9.17, 15) is 0 Å². The minimum Gasteiger partial charge on any atom is -0.454 e. The molecule has 0 aliphatic carbocycles. The van der Waals surface area contributed by atoms with Crippen LogP contribution in [0.15, 0.2) is 138 Å². The fourth-order valence-electron chi connectivity index (χ4n) is 12.6. The summed E-state index contributed by atoms with van der Waals surface area (Å²) in [5.74, 6) is 0. The summed E-state index contributed by atoms with van der Waals surface area (Å²) in [5, 5.41) is 9.91. The molecule has 0 atom stereocenters. The van der Waals surface area contributed by atoms with Gasteiger partial charge in [0.2, 0.25) is 0 Å². The molecule has 0 aliphatic heterocycles. The summed E-state index contributed by atoms with van der Waals surface area (Å²) in [7, 11) is 0. The lowest BCUT2D eigenvalue weighted by molar-refractivity contribution is 0.568. The van der Waals surface area contributed by atoms with Crippen molar-refractivity contribution in [3.05, 3.63) is 167 Å². The Morgan fingerprint density at radius 1 is 0.273 bits per heavy atom. The van der Waals surface area contributed by atoms with Gasteiger partial charge in [0.05, 0.1) is 27.6 Å². The largest absolute Gasteiger partial charge is 0.454 e. The summed E-state index contributed by atoms with van der Waals surface area (Å²) in [6.45, 7) is 42.1. The smallest absolute Gasteiger partial charge is 0.161 e. The zero-order chi connectivity index (χ0) is 54.6. The van der Waals surface area contributed by atoms with E-state index in [2.05, 4.69) is 267 Å². The first kappa shape index (κ1) is 49.5. The number of rotatable bonds is 3. The maximum absolute atomic E-state index is 7.05. The molecule has 0 unspecified atom stereocenters. The van der Waals surface area contributed by atoms with E-state index in [0.717, 1.165) is 27.5 Å². The molecule has 0 saturated carbocycles. The second-order valence-corrected chi connectivity index (χ2v) is 29.3. The van der Waals surface area contributed by atoms with Crippen LogP contribution in [0.5, 0.6) is 0 Å². The molecule has 13 aromatic rings. The fourth-order valence-corrected chi connectivity index (χ4v) is 12.6. The first-order chi connectivity index (χ1) is 35.9. The van der Waals surface area contributed by atoms with Crippen molar-refractivity contribution in [3.63, 3.8) is 0 Å². The van der Waals surface area contributed by atoms with E-state index in [1.807, 2.05) is 0 Å². The maximum atomic E-state index is 7.05.